The Morgan fingerprint density at radius 2 is 1.69 bits per heavy atom. The molecular weight excluding hydrogens is 374 g/mol. The summed E-state index contributed by atoms with van der Waals surface area (Å²) >= 11 is 0. The summed E-state index contributed by atoms with van der Waals surface area (Å²) in [4.78, 5) is 24.5. The predicted octanol–water partition coefficient (Wildman–Crippen LogP) is 3.99. The van der Waals surface area contributed by atoms with Gasteiger partial charge in [0.15, 0.2) is 18.1 Å². The van der Waals surface area contributed by atoms with Crippen molar-refractivity contribution in [3.63, 3.8) is 0 Å². The average molecular weight is 401 g/mol. The standard InChI is InChI=1S/C22H27NO6/c1-5-6-11-28-19-10-8-16(13-20(19)27-4)22(25)29-14-21(24)23-17-12-15(2)7-9-18(17)26-3/h7-10,12-13H,5-6,11,14H2,1-4H3,(H,23,24). The number of nitrogens with one attached hydrogen (secondary N) is 1. The molecule has 1 amide bonds. The van der Waals surface area contributed by atoms with Gasteiger partial charge in [0.05, 0.1) is 32.1 Å². The van der Waals surface area contributed by atoms with Crippen molar-refractivity contribution in [1.82, 2.24) is 0 Å². The molecule has 1 N–H and O–H groups in total. The fourth-order valence-corrected chi connectivity index (χ4v) is 2.56. The third-order valence-corrected chi connectivity index (χ3v) is 4.12. The molecule has 0 aliphatic heterocycles. The van der Waals surface area contributed by atoms with Crippen LogP contribution in [0.2, 0.25) is 0 Å². The molecule has 2 aromatic rings. The summed E-state index contributed by atoms with van der Waals surface area (Å²) < 4.78 is 21.3. The highest BCUT2D eigenvalue weighted by atomic mass is 16.5. The average Bonchev–Trinajstić information content (AvgIpc) is 2.72. The Labute approximate surface area is 170 Å². The molecule has 0 aliphatic carbocycles. The monoisotopic (exact) mass is 401 g/mol. The Morgan fingerprint density at radius 1 is 0.966 bits per heavy atom. The first-order valence-electron chi connectivity index (χ1n) is 9.41. The molecule has 0 bridgehead atoms. The molecule has 0 saturated heterocycles. The number of esters is 1. The molecule has 0 saturated carbocycles. The van der Waals surface area contributed by atoms with Gasteiger partial charge < -0.3 is 24.3 Å². The topological polar surface area (TPSA) is 83.1 Å². The highest BCUT2D eigenvalue weighted by molar-refractivity contribution is 5.96. The van der Waals surface area contributed by atoms with Crippen molar-refractivity contribution in [2.75, 3.05) is 32.8 Å². The molecule has 0 spiro atoms. The summed E-state index contributed by atoms with van der Waals surface area (Å²) in [7, 11) is 3.02. The Bertz CT molecular complexity index is 849. The summed E-state index contributed by atoms with van der Waals surface area (Å²) in [5.41, 5.74) is 1.75. The maximum absolute atomic E-state index is 12.3. The predicted molar refractivity (Wildman–Crippen MR) is 110 cm³/mol. The minimum atomic E-state index is -0.630. The summed E-state index contributed by atoms with van der Waals surface area (Å²) in [6, 6.07) is 10.2. The van der Waals surface area contributed by atoms with E-state index >= 15 is 0 Å². The van der Waals surface area contributed by atoms with Crippen molar-refractivity contribution < 1.29 is 28.5 Å². The molecule has 0 atom stereocenters. The molecule has 7 heteroatoms. The second-order valence-electron chi connectivity index (χ2n) is 6.40. The van der Waals surface area contributed by atoms with Gasteiger partial charge in [-0.15, -0.1) is 0 Å². The molecular formula is C22H27NO6. The lowest BCUT2D eigenvalue weighted by atomic mass is 10.2. The van der Waals surface area contributed by atoms with Gasteiger partial charge in [-0.05, 0) is 49.2 Å². The zero-order valence-corrected chi connectivity index (χ0v) is 17.2. The Balaban J connectivity index is 1.96. The number of methoxy groups -OCH3 is 2. The minimum absolute atomic E-state index is 0.269. The number of ether oxygens (including phenoxy) is 4. The van der Waals surface area contributed by atoms with Crippen LogP contribution in [-0.4, -0.2) is 39.3 Å². The summed E-state index contributed by atoms with van der Waals surface area (Å²) in [5, 5.41) is 2.68. The normalized spacial score (nSPS) is 10.2. The molecule has 0 unspecified atom stereocenters. The Morgan fingerprint density at radius 3 is 2.38 bits per heavy atom. The van der Waals surface area contributed by atoms with Gasteiger partial charge in [-0.1, -0.05) is 19.4 Å². The molecule has 156 valence electrons. The molecule has 0 aliphatic rings. The fourth-order valence-electron chi connectivity index (χ4n) is 2.56. The van der Waals surface area contributed by atoms with E-state index in [1.165, 1.54) is 20.3 Å². The van der Waals surface area contributed by atoms with Crippen LogP contribution in [0.25, 0.3) is 0 Å². The van der Waals surface area contributed by atoms with Gasteiger partial charge in [-0.3, -0.25) is 4.79 Å². The van der Waals surface area contributed by atoms with Crippen molar-refractivity contribution in [2.45, 2.75) is 26.7 Å². The van der Waals surface area contributed by atoms with Gasteiger partial charge in [-0.2, -0.15) is 0 Å². The third kappa shape index (κ3) is 6.41. The number of aryl methyl sites for hydroxylation is 1. The lowest BCUT2D eigenvalue weighted by Gasteiger charge is -2.13. The van der Waals surface area contributed by atoms with Crippen LogP contribution in [0.1, 0.15) is 35.7 Å². The van der Waals surface area contributed by atoms with E-state index in [4.69, 9.17) is 18.9 Å². The summed E-state index contributed by atoms with van der Waals surface area (Å²) in [6.07, 6.45) is 1.94. The third-order valence-electron chi connectivity index (χ3n) is 4.12. The number of amides is 1. The first kappa shape index (κ1) is 22.1. The van der Waals surface area contributed by atoms with Crippen LogP contribution in [0.3, 0.4) is 0 Å². The van der Waals surface area contributed by atoms with Gasteiger partial charge >= 0.3 is 5.97 Å². The highest BCUT2D eigenvalue weighted by Crippen LogP contribution is 2.29. The molecule has 0 radical (unpaired) electrons. The molecule has 29 heavy (non-hydrogen) atoms. The molecule has 0 aromatic heterocycles. The lowest BCUT2D eigenvalue weighted by molar-refractivity contribution is -0.119. The van der Waals surface area contributed by atoms with Gasteiger partial charge in [0, 0.05) is 0 Å². The van der Waals surface area contributed by atoms with Crippen LogP contribution in [-0.2, 0) is 9.53 Å². The lowest BCUT2D eigenvalue weighted by Crippen LogP contribution is -2.21. The maximum atomic E-state index is 12.3. The van der Waals surface area contributed by atoms with Gasteiger partial charge in [0.25, 0.3) is 5.91 Å². The molecule has 2 rings (SSSR count). The second-order valence-corrected chi connectivity index (χ2v) is 6.40. The number of carbonyl (C=O) groups excluding carboxylic acids is 2. The van der Waals surface area contributed by atoms with Crippen molar-refractivity contribution in [2.24, 2.45) is 0 Å². The molecule has 0 heterocycles. The number of benzene rings is 2. The van der Waals surface area contributed by atoms with Crippen molar-refractivity contribution in [3.8, 4) is 17.2 Å². The van der Waals surface area contributed by atoms with Crippen molar-refractivity contribution in [3.05, 3.63) is 47.5 Å². The number of carbonyl (C=O) groups is 2. The summed E-state index contributed by atoms with van der Waals surface area (Å²) in [6.45, 7) is 4.12. The van der Waals surface area contributed by atoms with Crippen LogP contribution in [0.15, 0.2) is 36.4 Å². The quantitative estimate of drug-likeness (QED) is 0.479. The zero-order chi connectivity index (χ0) is 21.2. The largest absolute Gasteiger partial charge is 0.495 e. The van der Waals surface area contributed by atoms with Crippen LogP contribution in [0, 0.1) is 6.92 Å². The van der Waals surface area contributed by atoms with Gasteiger partial charge in [0.2, 0.25) is 0 Å². The van der Waals surface area contributed by atoms with Crippen molar-refractivity contribution >= 4 is 17.6 Å². The van der Waals surface area contributed by atoms with Gasteiger partial charge in [-0.25, -0.2) is 4.79 Å². The smallest absolute Gasteiger partial charge is 0.338 e. The van der Waals surface area contributed by atoms with Crippen LogP contribution in [0.5, 0.6) is 17.2 Å². The summed E-state index contributed by atoms with van der Waals surface area (Å²) in [5.74, 6) is 0.425. The van der Waals surface area contributed by atoms with E-state index in [2.05, 4.69) is 12.2 Å². The number of hydrogen-bond donors (Lipinski definition) is 1. The van der Waals surface area contributed by atoms with Crippen LogP contribution < -0.4 is 19.5 Å². The van der Waals surface area contributed by atoms with Crippen molar-refractivity contribution in [1.29, 1.82) is 0 Å². The van der Waals surface area contributed by atoms with E-state index in [9.17, 15) is 9.59 Å². The zero-order valence-electron chi connectivity index (χ0n) is 17.2. The number of unbranched alkanes of at least 4 members (excludes halogenated alkanes) is 1. The highest BCUT2D eigenvalue weighted by Gasteiger charge is 2.15. The van der Waals surface area contributed by atoms with E-state index in [0.717, 1.165) is 18.4 Å². The Hall–Kier alpha value is -3.22. The second kappa shape index (κ2) is 10.9. The van der Waals surface area contributed by atoms with E-state index in [-0.39, 0.29) is 5.56 Å². The fraction of sp³-hybridized carbons (Fsp3) is 0.364. The van der Waals surface area contributed by atoms with Crippen LogP contribution in [0.4, 0.5) is 5.69 Å². The number of anilines is 1. The van der Waals surface area contributed by atoms with E-state index in [1.807, 2.05) is 13.0 Å². The maximum Gasteiger partial charge on any atom is 0.338 e. The molecule has 0 fully saturated rings. The SMILES string of the molecule is CCCCOc1ccc(C(=O)OCC(=O)Nc2cc(C)ccc2OC)cc1OC. The number of hydrogen-bond acceptors (Lipinski definition) is 6. The Kier molecular flexibility index (Phi) is 8.33. The first-order chi connectivity index (χ1) is 14.0. The minimum Gasteiger partial charge on any atom is -0.495 e. The molecule has 7 nitrogen and oxygen atoms in total. The van der Waals surface area contributed by atoms with Crippen LogP contribution >= 0.6 is 0 Å². The number of rotatable bonds is 10. The first-order valence-corrected chi connectivity index (χ1v) is 9.41. The van der Waals surface area contributed by atoms with E-state index in [1.54, 1.807) is 24.3 Å². The molecule has 2 aromatic carbocycles. The van der Waals surface area contributed by atoms with E-state index in [0.29, 0.717) is 29.5 Å². The van der Waals surface area contributed by atoms with Gasteiger partial charge in [0.1, 0.15) is 5.75 Å². The van der Waals surface area contributed by atoms with E-state index < -0.39 is 18.5 Å².